The predicted molar refractivity (Wildman–Crippen MR) is 39.2 cm³/mol. The third-order valence-corrected chi connectivity index (χ3v) is 0.935. The number of carbonyl (C=O) groups is 1. The van der Waals surface area contributed by atoms with Crippen LogP contribution in [0.5, 0.6) is 0 Å². The van der Waals surface area contributed by atoms with E-state index in [4.69, 9.17) is 16.7 Å². The number of rotatable bonds is 1. The van der Waals surface area contributed by atoms with Crippen LogP contribution in [0.3, 0.4) is 0 Å². The van der Waals surface area contributed by atoms with Crippen LogP contribution in [0, 0.1) is 0 Å². The maximum atomic E-state index is 11.0. The lowest BCUT2D eigenvalue weighted by molar-refractivity contribution is -0.308. The summed E-state index contributed by atoms with van der Waals surface area (Å²) < 4.78 is 65.9. The minimum absolute atomic E-state index is 0.509. The van der Waals surface area contributed by atoms with Gasteiger partial charge in [0.05, 0.1) is 0 Å². The molecule has 0 aliphatic carbocycles. The molecule has 2 nitrogen and oxygen atoms in total. The molecule has 0 unspecified atom stereocenters. The number of halogens is 7. The van der Waals surface area contributed by atoms with Crippen molar-refractivity contribution >= 4 is 16.8 Å². The highest BCUT2D eigenvalue weighted by Gasteiger charge is 2.55. The first-order chi connectivity index (χ1) is 6.42. The zero-order valence-corrected chi connectivity index (χ0v) is 7.62. The van der Waals surface area contributed by atoms with E-state index in [1.54, 1.807) is 0 Å². The molecule has 15 heavy (non-hydrogen) atoms. The first-order valence-electron chi connectivity index (χ1n) is 3.06. The Balaban J connectivity index is 0. The molecule has 0 spiro atoms. The van der Waals surface area contributed by atoms with Gasteiger partial charge in [-0.15, -0.1) is 0 Å². The number of hydrogen-bond acceptors (Lipinski definition) is 2. The molecule has 90 valence electrons. The second-order valence-electron chi connectivity index (χ2n) is 1.99. The summed E-state index contributed by atoms with van der Waals surface area (Å²) in [6.07, 6.45) is -14.4. The summed E-state index contributed by atoms with van der Waals surface area (Å²) >= 11 is 4.71. The Kier molecular flexibility index (Phi) is 6.62. The Bertz CT molecular complexity index is 207. The van der Waals surface area contributed by atoms with Crippen molar-refractivity contribution in [1.82, 2.24) is 0 Å². The number of allylic oxidation sites excluding steroid dienone is 1. The summed E-state index contributed by atoms with van der Waals surface area (Å²) in [4.78, 5) is 9.46. The van der Waals surface area contributed by atoms with E-state index in [1.807, 2.05) is 0 Å². The van der Waals surface area contributed by atoms with Crippen LogP contribution in [0.15, 0.2) is 12.7 Å². The molecule has 0 aliphatic rings. The lowest BCUT2D eigenvalue weighted by Gasteiger charge is -2.16. The average Bonchev–Trinajstić information content (AvgIpc) is 2.01. The zero-order chi connectivity index (χ0) is 12.9. The number of aliphatic hydroxyl groups excluding tert-OH is 1. The molecular weight excluding hydrogens is 254 g/mol. The maximum Gasteiger partial charge on any atom is 0.423 e. The van der Waals surface area contributed by atoms with Crippen molar-refractivity contribution in [2.45, 2.75) is 18.5 Å². The highest BCUT2D eigenvalue weighted by Crippen LogP contribution is 2.32. The van der Waals surface area contributed by atoms with E-state index >= 15 is 0 Å². The van der Waals surface area contributed by atoms with Crippen LogP contribution in [0.2, 0.25) is 0 Å². The summed E-state index contributed by atoms with van der Waals surface area (Å²) in [5.74, 6) is 0. The van der Waals surface area contributed by atoms with Crippen molar-refractivity contribution in [2.75, 3.05) is 0 Å². The van der Waals surface area contributed by atoms with Gasteiger partial charge in [-0.25, -0.2) is 0 Å². The Morgan fingerprint density at radius 3 is 1.40 bits per heavy atom. The smallest absolute Gasteiger partial charge is 0.377 e. The van der Waals surface area contributed by atoms with Gasteiger partial charge >= 0.3 is 12.4 Å². The lowest BCUT2D eigenvalue weighted by Crippen LogP contribution is -2.41. The topological polar surface area (TPSA) is 37.3 Å². The van der Waals surface area contributed by atoms with Gasteiger partial charge in [-0.2, -0.15) is 26.3 Å². The van der Waals surface area contributed by atoms with Gasteiger partial charge in [0.1, 0.15) is 0 Å². The van der Waals surface area contributed by atoms with Crippen LogP contribution in [0.4, 0.5) is 26.3 Å². The van der Waals surface area contributed by atoms with Crippen LogP contribution in [0.25, 0.3) is 0 Å². The van der Waals surface area contributed by atoms with Gasteiger partial charge in [0.25, 0.3) is 0 Å². The largest absolute Gasteiger partial charge is 0.423 e. The van der Waals surface area contributed by atoms with Gasteiger partial charge in [-0.1, -0.05) is 6.58 Å². The Morgan fingerprint density at radius 2 is 1.40 bits per heavy atom. The van der Waals surface area contributed by atoms with Gasteiger partial charge in [0, 0.05) is 0 Å². The molecule has 0 aliphatic heterocycles. The van der Waals surface area contributed by atoms with E-state index < -0.39 is 23.7 Å². The molecule has 9 heteroatoms. The van der Waals surface area contributed by atoms with E-state index in [0.29, 0.717) is 0 Å². The van der Waals surface area contributed by atoms with Crippen LogP contribution >= 0.6 is 11.6 Å². The Morgan fingerprint density at radius 1 is 1.20 bits per heavy atom. The predicted octanol–water partition coefficient (Wildman–Crippen LogP) is 2.41. The zero-order valence-electron chi connectivity index (χ0n) is 6.86. The van der Waals surface area contributed by atoms with E-state index in [-0.39, 0.29) is 0 Å². The van der Waals surface area contributed by atoms with Crippen molar-refractivity contribution in [3.63, 3.8) is 0 Å². The SMILES string of the molecule is C=CC(=O)Cl.OC(C(F)(F)F)C(F)(F)F. The molecular formula is C6H5ClF6O2. The van der Waals surface area contributed by atoms with Gasteiger partial charge in [0.2, 0.25) is 11.3 Å². The Labute approximate surface area is 85.1 Å². The molecule has 1 N–H and O–H groups in total. The molecule has 0 aromatic carbocycles. The number of hydrogen-bond donors (Lipinski definition) is 1. The van der Waals surface area contributed by atoms with Gasteiger partial charge in [-0.05, 0) is 17.7 Å². The number of alkyl halides is 6. The van der Waals surface area contributed by atoms with Crippen LogP contribution in [-0.2, 0) is 4.79 Å². The Hall–Kier alpha value is -0.760. The first kappa shape index (κ1) is 16.7. The van der Waals surface area contributed by atoms with E-state index in [1.165, 1.54) is 0 Å². The molecule has 0 rings (SSSR count). The summed E-state index contributed by atoms with van der Waals surface area (Å²) in [6.45, 7) is 3.08. The van der Waals surface area contributed by atoms with Crippen molar-refractivity contribution in [2.24, 2.45) is 0 Å². The molecule has 0 saturated heterocycles. The normalized spacial score (nSPS) is 11.8. The second-order valence-corrected chi connectivity index (χ2v) is 2.37. The van der Waals surface area contributed by atoms with Crippen LogP contribution in [0.1, 0.15) is 0 Å². The van der Waals surface area contributed by atoms with E-state index in [0.717, 1.165) is 6.08 Å². The summed E-state index contributed by atoms with van der Waals surface area (Å²) in [7, 11) is 0. The van der Waals surface area contributed by atoms with E-state index in [2.05, 4.69) is 6.58 Å². The average molecular weight is 259 g/mol. The van der Waals surface area contributed by atoms with E-state index in [9.17, 15) is 31.1 Å². The fourth-order valence-corrected chi connectivity index (χ4v) is 0.186. The summed E-state index contributed by atoms with van der Waals surface area (Å²) in [6, 6.07) is 0. The fraction of sp³-hybridized carbons (Fsp3) is 0.500. The quantitative estimate of drug-likeness (QED) is 0.445. The van der Waals surface area contributed by atoms with Crippen molar-refractivity contribution < 1.29 is 36.2 Å². The third kappa shape index (κ3) is 9.54. The molecule has 0 radical (unpaired) electrons. The second kappa shape index (κ2) is 5.96. The van der Waals surface area contributed by atoms with Gasteiger partial charge in [0.15, 0.2) is 0 Å². The highest BCUT2D eigenvalue weighted by atomic mass is 35.5. The molecule has 0 amide bonds. The van der Waals surface area contributed by atoms with Crippen LogP contribution < -0.4 is 0 Å². The minimum atomic E-state index is -5.63. The van der Waals surface area contributed by atoms with Crippen molar-refractivity contribution in [3.05, 3.63) is 12.7 Å². The summed E-state index contributed by atoms with van der Waals surface area (Å²) in [5.41, 5.74) is 0. The van der Waals surface area contributed by atoms with Crippen molar-refractivity contribution in [3.8, 4) is 0 Å². The van der Waals surface area contributed by atoms with Gasteiger partial charge < -0.3 is 5.11 Å². The molecule has 0 bridgehead atoms. The highest BCUT2D eigenvalue weighted by molar-refractivity contribution is 6.66. The molecule has 0 fully saturated rings. The molecule has 0 aromatic rings. The molecule has 0 atom stereocenters. The standard InChI is InChI=1S/C3H3ClO.C3H2F6O/c1-2-3(4)5;4-2(5,6)1(10)3(7,8)9/h2H,1H2;1,10H. The first-order valence-corrected chi connectivity index (χ1v) is 3.44. The van der Waals surface area contributed by atoms with Gasteiger partial charge in [-0.3, -0.25) is 4.79 Å². The fourth-order valence-electron chi connectivity index (χ4n) is 0.186. The minimum Gasteiger partial charge on any atom is -0.377 e. The molecule has 0 aromatic heterocycles. The van der Waals surface area contributed by atoms with Crippen LogP contribution in [-0.4, -0.2) is 28.8 Å². The summed E-state index contributed by atoms with van der Waals surface area (Å²) in [5, 5.41) is 6.96. The molecule has 0 heterocycles. The number of aliphatic hydroxyl groups is 1. The maximum absolute atomic E-state index is 11.0. The van der Waals surface area contributed by atoms with Crippen molar-refractivity contribution in [1.29, 1.82) is 0 Å². The number of carbonyl (C=O) groups excluding carboxylic acids is 1. The lowest BCUT2D eigenvalue weighted by atomic mass is 10.3. The monoisotopic (exact) mass is 258 g/mol. The molecule has 0 saturated carbocycles. The third-order valence-electron chi connectivity index (χ3n) is 0.781.